The number of nitrogens with one attached hydrogen (secondary N) is 2. The van der Waals surface area contributed by atoms with E-state index >= 15 is 0 Å². The Bertz CT molecular complexity index is 656. The first-order valence-corrected chi connectivity index (χ1v) is 6.97. The van der Waals surface area contributed by atoms with Crippen molar-refractivity contribution in [3.8, 4) is 0 Å². The lowest BCUT2D eigenvalue weighted by molar-refractivity contribution is -0.136. The van der Waals surface area contributed by atoms with Gasteiger partial charge in [0.05, 0.1) is 6.42 Å². The zero-order valence-electron chi connectivity index (χ0n) is 11.0. The smallest absolute Gasteiger partial charge is 0.323 e. The number of hydrogen-bond donors (Lipinski definition) is 3. The van der Waals surface area contributed by atoms with E-state index in [4.69, 9.17) is 5.11 Å². The highest BCUT2D eigenvalue weighted by Crippen LogP contribution is 2.17. The van der Waals surface area contributed by atoms with Crippen molar-refractivity contribution in [1.29, 1.82) is 0 Å². The first-order chi connectivity index (χ1) is 10.0. The van der Waals surface area contributed by atoms with E-state index in [1.807, 2.05) is 12.1 Å². The molecular formula is C15H13BrN2O3. The molecule has 0 spiro atoms. The molecule has 0 unspecified atom stereocenters. The summed E-state index contributed by atoms with van der Waals surface area (Å²) in [5.74, 6) is -0.947. The number of para-hydroxylation sites is 1. The number of rotatable bonds is 4. The molecule has 0 heterocycles. The molecule has 0 aliphatic carbocycles. The van der Waals surface area contributed by atoms with Gasteiger partial charge in [-0.25, -0.2) is 4.79 Å². The number of anilines is 2. The van der Waals surface area contributed by atoms with Crippen molar-refractivity contribution in [2.75, 3.05) is 10.6 Å². The fourth-order valence-corrected chi connectivity index (χ4v) is 2.04. The first kappa shape index (κ1) is 15.1. The first-order valence-electron chi connectivity index (χ1n) is 6.18. The third-order valence-corrected chi connectivity index (χ3v) is 3.24. The van der Waals surface area contributed by atoms with Crippen LogP contribution in [0.2, 0.25) is 0 Å². The molecule has 0 saturated carbocycles. The Labute approximate surface area is 130 Å². The minimum absolute atomic E-state index is 0.144. The van der Waals surface area contributed by atoms with Crippen LogP contribution in [0.5, 0.6) is 0 Å². The van der Waals surface area contributed by atoms with Crippen molar-refractivity contribution in [2.24, 2.45) is 0 Å². The number of carboxylic acids is 1. The van der Waals surface area contributed by atoms with Crippen LogP contribution in [0.3, 0.4) is 0 Å². The molecule has 0 fully saturated rings. The van der Waals surface area contributed by atoms with Crippen molar-refractivity contribution in [2.45, 2.75) is 6.42 Å². The van der Waals surface area contributed by atoms with Crippen LogP contribution >= 0.6 is 15.9 Å². The fourth-order valence-electron chi connectivity index (χ4n) is 1.78. The Kier molecular flexibility index (Phi) is 4.94. The van der Waals surface area contributed by atoms with E-state index < -0.39 is 12.0 Å². The van der Waals surface area contributed by atoms with E-state index in [0.717, 1.165) is 4.47 Å². The molecule has 0 atom stereocenters. The number of amides is 2. The monoisotopic (exact) mass is 348 g/mol. The fraction of sp³-hybridized carbons (Fsp3) is 0.0667. The molecular weight excluding hydrogens is 336 g/mol. The van der Waals surface area contributed by atoms with Gasteiger partial charge in [0.1, 0.15) is 0 Å². The van der Waals surface area contributed by atoms with Gasteiger partial charge in [0.25, 0.3) is 0 Å². The summed E-state index contributed by atoms with van der Waals surface area (Å²) >= 11 is 3.31. The van der Waals surface area contributed by atoms with Crippen LogP contribution in [-0.2, 0) is 11.2 Å². The molecule has 0 bridgehead atoms. The van der Waals surface area contributed by atoms with Gasteiger partial charge < -0.3 is 15.7 Å². The Morgan fingerprint density at radius 3 is 2.33 bits per heavy atom. The Balaban J connectivity index is 2.05. The second-order valence-corrected chi connectivity index (χ2v) is 5.23. The van der Waals surface area contributed by atoms with Crippen molar-refractivity contribution >= 4 is 39.3 Å². The second kappa shape index (κ2) is 6.90. The highest BCUT2D eigenvalue weighted by atomic mass is 79.9. The van der Waals surface area contributed by atoms with E-state index in [-0.39, 0.29) is 6.42 Å². The van der Waals surface area contributed by atoms with Gasteiger partial charge in [-0.3, -0.25) is 4.79 Å². The van der Waals surface area contributed by atoms with E-state index in [1.165, 1.54) is 0 Å². The lowest BCUT2D eigenvalue weighted by Gasteiger charge is -2.11. The predicted octanol–water partition coefficient (Wildman–Crippen LogP) is 3.72. The van der Waals surface area contributed by atoms with Gasteiger partial charge in [-0.05, 0) is 35.9 Å². The molecule has 0 saturated heterocycles. The summed E-state index contributed by atoms with van der Waals surface area (Å²) in [6.07, 6.45) is -0.144. The summed E-state index contributed by atoms with van der Waals surface area (Å²) in [5, 5.41) is 14.2. The number of carbonyl (C=O) groups is 2. The number of aliphatic carboxylic acids is 1. The Hall–Kier alpha value is -2.34. The summed E-state index contributed by atoms with van der Waals surface area (Å²) in [6, 6.07) is 13.5. The summed E-state index contributed by atoms with van der Waals surface area (Å²) in [6.45, 7) is 0. The molecule has 108 valence electrons. The van der Waals surface area contributed by atoms with Crippen LogP contribution in [0.15, 0.2) is 53.0 Å². The number of hydrogen-bond acceptors (Lipinski definition) is 2. The molecule has 3 N–H and O–H groups in total. The van der Waals surface area contributed by atoms with Crippen LogP contribution in [0, 0.1) is 0 Å². The molecule has 2 aromatic rings. The molecule has 0 radical (unpaired) electrons. The van der Waals surface area contributed by atoms with Gasteiger partial charge in [-0.2, -0.15) is 0 Å². The zero-order valence-corrected chi connectivity index (χ0v) is 12.6. The third kappa shape index (κ3) is 4.61. The highest BCUT2D eigenvalue weighted by molar-refractivity contribution is 9.10. The summed E-state index contributed by atoms with van der Waals surface area (Å²) in [5.41, 5.74) is 1.68. The number of halogens is 1. The largest absolute Gasteiger partial charge is 0.481 e. The minimum Gasteiger partial charge on any atom is -0.481 e. The highest BCUT2D eigenvalue weighted by Gasteiger charge is 2.09. The van der Waals surface area contributed by atoms with Crippen molar-refractivity contribution < 1.29 is 14.7 Å². The Morgan fingerprint density at radius 2 is 1.67 bits per heavy atom. The van der Waals surface area contributed by atoms with E-state index in [0.29, 0.717) is 16.9 Å². The molecule has 0 aliphatic rings. The summed E-state index contributed by atoms with van der Waals surface area (Å²) in [4.78, 5) is 22.7. The summed E-state index contributed by atoms with van der Waals surface area (Å²) < 4.78 is 0.917. The average molecular weight is 349 g/mol. The standard InChI is InChI=1S/C15H13BrN2O3/c16-11-5-7-12(8-6-11)17-15(21)18-13-4-2-1-3-10(13)9-14(19)20/h1-8H,9H2,(H,19,20)(H2,17,18,21). The number of benzene rings is 2. The topological polar surface area (TPSA) is 78.4 Å². The maximum Gasteiger partial charge on any atom is 0.323 e. The van der Waals surface area contributed by atoms with Crippen molar-refractivity contribution in [3.05, 3.63) is 58.6 Å². The molecule has 2 aromatic carbocycles. The maximum atomic E-state index is 11.9. The third-order valence-electron chi connectivity index (χ3n) is 2.71. The zero-order chi connectivity index (χ0) is 15.2. The summed E-state index contributed by atoms with van der Waals surface area (Å²) in [7, 11) is 0. The van der Waals surface area contributed by atoms with Crippen LogP contribution in [0.4, 0.5) is 16.2 Å². The van der Waals surface area contributed by atoms with Gasteiger partial charge in [-0.15, -0.1) is 0 Å². The normalized spacial score (nSPS) is 9.95. The quantitative estimate of drug-likeness (QED) is 0.787. The van der Waals surface area contributed by atoms with Gasteiger partial charge in [0.15, 0.2) is 0 Å². The molecule has 2 amide bonds. The van der Waals surface area contributed by atoms with Crippen LogP contribution in [0.1, 0.15) is 5.56 Å². The van der Waals surface area contributed by atoms with Crippen LogP contribution in [-0.4, -0.2) is 17.1 Å². The molecule has 2 rings (SSSR count). The average Bonchev–Trinajstić information content (AvgIpc) is 2.43. The number of carbonyl (C=O) groups excluding carboxylic acids is 1. The van der Waals surface area contributed by atoms with E-state index in [9.17, 15) is 9.59 Å². The number of carboxylic acid groups (broad SMARTS) is 1. The Morgan fingerprint density at radius 1 is 1.00 bits per heavy atom. The van der Waals surface area contributed by atoms with Crippen molar-refractivity contribution in [3.63, 3.8) is 0 Å². The van der Waals surface area contributed by atoms with Crippen molar-refractivity contribution in [1.82, 2.24) is 0 Å². The van der Waals surface area contributed by atoms with Crippen LogP contribution < -0.4 is 10.6 Å². The maximum absolute atomic E-state index is 11.9. The van der Waals surface area contributed by atoms with Gasteiger partial charge in [0.2, 0.25) is 0 Å². The molecule has 0 aliphatic heterocycles. The van der Waals surface area contributed by atoms with Gasteiger partial charge in [0, 0.05) is 15.8 Å². The van der Waals surface area contributed by atoms with E-state index in [2.05, 4.69) is 26.6 Å². The van der Waals surface area contributed by atoms with E-state index in [1.54, 1.807) is 36.4 Å². The van der Waals surface area contributed by atoms with Gasteiger partial charge >= 0.3 is 12.0 Å². The lowest BCUT2D eigenvalue weighted by atomic mass is 10.1. The lowest BCUT2D eigenvalue weighted by Crippen LogP contribution is -2.20. The number of urea groups is 1. The molecule has 6 heteroatoms. The molecule has 21 heavy (non-hydrogen) atoms. The molecule has 0 aromatic heterocycles. The van der Waals surface area contributed by atoms with Gasteiger partial charge in [-0.1, -0.05) is 34.1 Å². The van der Waals surface area contributed by atoms with Crippen LogP contribution in [0.25, 0.3) is 0 Å². The molecule has 5 nitrogen and oxygen atoms in total. The SMILES string of the molecule is O=C(O)Cc1ccccc1NC(=O)Nc1ccc(Br)cc1. The predicted molar refractivity (Wildman–Crippen MR) is 84.6 cm³/mol. The second-order valence-electron chi connectivity index (χ2n) is 4.31. The minimum atomic E-state index is -0.947.